The molecule has 0 radical (unpaired) electrons. The van der Waals surface area contributed by atoms with Crippen LogP contribution in [-0.4, -0.2) is 17.0 Å². The van der Waals surface area contributed by atoms with Gasteiger partial charge in [-0.25, -0.2) is 8.75 Å². The van der Waals surface area contributed by atoms with Gasteiger partial charge in [-0.2, -0.15) is 0 Å². The molecule has 0 spiro atoms. The first kappa shape index (κ1) is 19.3. The molecule has 142 valence electrons. The van der Waals surface area contributed by atoms with Crippen molar-refractivity contribution in [2.75, 3.05) is 7.11 Å². The topological polar surface area (TPSA) is 52.8 Å². The van der Waals surface area contributed by atoms with E-state index >= 15 is 0 Å². The number of halogens is 1. The van der Waals surface area contributed by atoms with E-state index in [1.54, 1.807) is 11.1 Å². The van der Waals surface area contributed by atoms with E-state index in [0.717, 1.165) is 15.8 Å². The van der Waals surface area contributed by atoms with E-state index in [1.807, 2.05) is 48.5 Å². The zero-order valence-corrected chi connectivity index (χ0v) is 18.3. The highest BCUT2D eigenvalue weighted by molar-refractivity contribution is 7.73. The average molecular weight is 467 g/mol. The van der Waals surface area contributed by atoms with Crippen molar-refractivity contribution in [3.63, 3.8) is 0 Å². The lowest BCUT2D eigenvalue weighted by Gasteiger charge is -2.06. The fraction of sp³-hybridized carbons (Fsp3) is 0.0556. The molecule has 4 aromatic rings. The Labute approximate surface area is 181 Å². The van der Waals surface area contributed by atoms with Crippen LogP contribution in [0, 0.1) is 3.95 Å². The van der Waals surface area contributed by atoms with Gasteiger partial charge in [-0.05, 0) is 41.9 Å². The standard InChI is InChI=1S/C18H11ClN2O3S4/c1-23-12-8-4-3-7-11(12)21-18(25)27-17(28-21)20-24-16(22)15-14(19)10-6-2-5-9-13(10)26-15/h2-9H,1H3. The van der Waals surface area contributed by atoms with Crippen molar-refractivity contribution in [1.29, 1.82) is 0 Å². The van der Waals surface area contributed by atoms with Crippen LogP contribution in [0.15, 0.2) is 53.7 Å². The largest absolute Gasteiger partial charge is 0.495 e. The molecule has 5 nitrogen and oxygen atoms in total. The molecule has 0 aliphatic rings. The number of ether oxygens (including phenoxy) is 1. The summed E-state index contributed by atoms with van der Waals surface area (Å²) < 4.78 is 9.17. The second-order valence-corrected chi connectivity index (χ2v) is 9.65. The minimum absolute atomic E-state index is 0.323. The van der Waals surface area contributed by atoms with Gasteiger partial charge in [-0.15, -0.1) is 11.3 Å². The molecular formula is C18H11ClN2O3S4. The maximum Gasteiger partial charge on any atom is 0.377 e. The Bertz CT molecular complexity index is 1300. The number of rotatable bonds is 4. The number of carbonyl (C=O) groups excluding carboxylic acids is 1. The third-order valence-electron chi connectivity index (χ3n) is 3.74. The second-order valence-electron chi connectivity index (χ2n) is 5.40. The fourth-order valence-electron chi connectivity index (χ4n) is 2.50. The lowest BCUT2D eigenvalue weighted by Crippen LogP contribution is -2.02. The van der Waals surface area contributed by atoms with Crippen molar-refractivity contribution in [1.82, 2.24) is 3.96 Å². The third kappa shape index (κ3) is 3.63. The Hall–Kier alpha value is -2.04. The molecule has 0 fully saturated rings. The van der Waals surface area contributed by atoms with Gasteiger partial charge in [0.2, 0.25) is 3.98 Å². The highest BCUT2D eigenvalue weighted by Gasteiger charge is 2.18. The summed E-state index contributed by atoms with van der Waals surface area (Å²) in [5.41, 5.74) is 0.802. The van der Waals surface area contributed by atoms with Crippen molar-refractivity contribution in [3.05, 3.63) is 66.4 Å². The van der Waals surface area contributed by atoms with E-state index in [4.69, 9.17) is 33.4 Å². The minimum atomic E-state index is -0.596. The molecular weight excluding hydrogens is 456 g/mol. The number of fused-ring (bicyclic) bond motifs is 1. The van der Waals surface area contributed by atoms with E-state index in [0.29, 0.717) is 23.6 Å². The maximum atomic E-state index is 12.4. The number of para-hydroxylation sites is 2. The van der Waals surface area contributed by atoms with Gasteiger partial charge in [0.25, 0.3) is 0 Å². The summed E-state index contributed by atoms with van der Waals surface area (Å²) >= 11 is 15.5. The second kappa shape index (κ2) is 8.14. The number of benzene rings is 2. The molecule has 28 heavy (non-hydrogen) atoms. The Morgan fingerprint density at radius 2 is 1.89 bits per heavy atom. The molecule has 0 unspecified atom stereocenters. The molecule has 2 heterocycles. The van der Waals surface area contributed by atoms with Crippen LogP contribution in [0.2, 0.25) is 5.02 Å². The first-order chi connectivity index (χ1) is 13.6. The van der Waals surface area contributed by atoms with Gasteiger partial charge in [-0.3, -0.25) is 0 Å². The van der Waals surface area contributed by atoms with Crippen molar-refractivity contribution in [3.8, 4) is 11.4 Å². The van der Waals surface area contributed by atoms with Gasteiger partial charge in [0, 0.05) is 10.1 Å². The molecule has 0 aliphatic heterocycles. The monoisotopic (exact) mass is 466 g/mol. The van der Waals surface area contributed by atoms with E-state index in [2.05, 4.69) is 5.16 Å². The molecule has 0 saturated carbocycles. The predicted octanol–water partition coefficient (Wildman–Crippen LogP) is 5.88. The van der Waals surface area contributed by atoms with E-state index in [-0.39, 0.29) is 0 Å². The number of carbonyl (C=O) groups is 1. The lowest BCUT2D eigenvalue weighted by atomic mass is 10.2. The number of hydrogen-bond donors (Lipinski definition) is 0. The predicted molar refractivity (Wildman–Crippen MR) is 117 cm³/mol. The van der Waals surface area contributed by atoms with Gasteiger partial charge in [0.15, 0.2) is 3.95 Å². The third-order valence-corrected chi connectivity index (χ3v) is 7.93. The van der Waals surface area contributed by atoms with Crippen molar-refractivity contribution >= 4 is 74.1 Å². The lowest BCUT2D eigenvalue weighted by molar-refractivity contribution is 0.0508. The smallest absolute Gasteiger partial charge is 0.377 e. The average Bonchev–Trinajstić information content (AvgIpc) is 3.26. The number of methoxy groups -OCH3 is 1. The molecule has 0 bridgehead atoms. The van der Waals surface area contributed by atoms with E-state index < -0.39 is 5.97 Å². The van der Waals surface area contributed by atoms with Crippen LogP contribution in [0.3, 0.4) is 0 Å². The van der Waals surface area contributed by atoms with Gasteiger partial charge in [-0.1, -0.05) is 58.4 Å². The van der Waals surface area contributed by atoms with Crippen molar-refractivity contribution in [2.45, 2.75) is 0 Å². The number of hydrogen-bond acceptors (Lipinski definition) is 8. The molecule has 0 amide bonds. The van der Waals surface area contributed by atoms with Crippen LogP contribution < -0.4 is 8.72 Å². The zero-order chi connectivity index (χ0) is 19.7. The van der Waals surface area contributed by atoms with Crippen LogP contribution in [-0.2, 0) is 4.84 Å². The summed E-state index contributed by atoms with van der Waals surface area (Å²) in [5, 5.41) is 5.16. The Morgan fingerprint density at radius 3 is 2.68 bits per heavy atom. The Balaban J connectivity index is 1.64. The maximum absolute atomic E-state index is 12.4. The summed E-state index contributed by atoms with van der Waals surface area (Å²) in [6.07, 6.45) is 0. The fourth-order valence-corrected chi connectivity index (χ4v) is 6.27. The summed E-state index contributed by atoms with van der Waals surface area (Å²) in [7, 11) is 1.60. The molecule has 0 N–H and O–H groups in total. The first-order valence-electron chi connectivity index (χ1n) is 7.88. The molecule has 0 aliphatic carbocycles. The van der Waals surface area contributed by atoms with E-state index in [1.165, 1.54) is 34.2 Å². The molecule has 10 heteroatoms. The molecule has 4 rings (SSSR count). The SMILES string of the molecule is COc1ccccc1-n1sc(=NOC(=O)c2sc3ccccc3c2Cl)sc1=S. The Morgan fingerprint density at radius 1 is 1.14 bits per heavy atom. The van der Waals surface area contributed by atoms with Crippen LogP contribution in [0.4, 0.5) is 0 Å². The number of thiophene rings is 1. The van der Waals surface area contributed by atoms with Gasteiger partial charge < -0.3 is 9.57 Å². The zero-order valence-electron chi connectivity index (χ0n) is 14.2. The quantitative estimate of drug-likeness (QED) is 0.214. The number of aromatic nitrogens is 1. The summed E-state index contributed by atoms with van der Waals surface area (Å²) in [5.74, 6) is 0.0924. The van der Waals surface area contributed by atoms with Crippen molar-refractivity contribution in [2.24, 2.45) is 5.16 Å². The summed E-state index contributed by atoms with van der Waals surface area (Å²) in [6.45, 7) is 0. The van der Waals surface area contributed by atoms with Crippen LogP contribution in [0.5, 0.6) is 5.75 Å². The molecule has 2 aromatic heterocycles. The van der Waals surface area contributed by atoms with Crippen LogP contribution >= 0.6 is 58.0 Å². The molecule has 2 aromatic carbocycles. The van der Waals surface area contributed by atoms with Crippen LogP contribution in [0.1, 0.15) is 9.67 Å². The Kier molecular flexibility index (Phi) is 5.61. The number of nitrogens with zero attached hydrogens (tertiary/aromatic N) is 2. The van der Waals surface area contributed by atoms with E-state index in [9.17, 15) is 4.79 Å². The highest BCUT2D eigenvalue weighted by Crippen LogP contribution is 2.35. The van der Waals surface area contributed by atoms with Gasteiger partial charge in [0.05, 0.1) is 12.1 Å². The van der Waals surface area contributed by atoms with Crippen molar-refractivity contribution < 1.29 is 14.4 Å². The normalized spacial score (nSPS) is 11.7. The summed E-state index contributed by atoms with van der Waals surface area (Å²) in [6, 6.07) is 15.0. The van der Waals surface area contributed by atoms with Gasteiger partial charge in [0.1, 0.15) is 16.3 Å². The molecule has 0 saturated heterocycles. The first-order valence-corrected chi connectivity index (χ1v) is 11.1. The minimum Gasteiger partial charge on any atom is -0.495 e. The molecule has 0 atom stereocenters. The highest BCUT2D eigenvalue weighted by atomic mass is 35.5. The summed E-state index contributed by atoms with van der Waals surface area (Å²) in [4.78, 5) is 17.9. The van der Waals surface area contributed by atoms with Gasteiger partial charge >= 0.3 is 5.97 Å². The van der Waals surface area contributed by atoms with Crippen LogP contribution in [0.25, 0.3) is 15.8 Å².